The van der Waals surface area contributed by atoms with Crippen molar-refractivity contribution in [1.29, 1.82) is 0 Å². The second kappa shape index (κ2) is 4.01. The van der Waals surface area contributed by atoms with E-state index in [0.717, 1.165) is 0 Å². The molecule has 1 aromatic carbocycles. The number of phenols is 1. The molecule has 0 unspecified atom stereocenters. The number of carboxylic acids is 1. The number of hydrogen-bond donors (Lipinski definition) is 2. The highest BCUT2D eigenvalue weighted by molar-refractivity contribution is 5.69. The van der Waals surface area contributed by atoms with Crippen molar-refractivity contribution in [2.24, 2.45) is 0 Å². The topological polar surface area (TPSA) is 88.2 Å². The van der Waals surface area contributed by atoms with Crippen LogP contribution in [0.3, 0.4) is 0 Å². The van der Waals surface area contributed by atoms with E-state index in [1.54, 1.807) is 18.2 Å². The van der Waals surface area contributed by atoms with Crippen molar-refractivity contribution in [2.45, 2.75) is 6.42 Å². The van der Waals surface area contributed by atoms with Gasteiger partial charge in [-0.25, -0.2) is 0 Å². The number of benzene rings is 1. The first-order valence-corrected chi connectivity index (χ1v) is 4.57. The molecular weight excluding hydrogens is 210 g/mol. The summed E-state index contributed by atoms with van der Waals surface area (Å²) in [4.78, 5) is 10.6. The van der Waals surface area contributed by atoms with Crippen molar-refractivity contribution in [3.63, 3.8) is 0 Å². The minimum atomic E-state index is -0.996. The van der Waals surface area contributed by atoms with Crippen molar-refractivity contribution in [1.82, 2.24) is 14.8 Å². The molecule has 0 bridgehead atoms. The third-order valence-corrected chi connectivity index (χ3v) is 2.07. The number of aromatic hydroxyl groups is 1. The molecule has 2 N–H and O–H groups in total. The third-order valence-electron chi connectivity index (χ3n) is 2.07. The summed E-state index contributed by atoms with van der Waals surface area (Å²) < 4.78 is 1.45. The zero-order valence-corrected chi connectivity index (χ0v) is 8.24. The van der Waals surface area contributed by atoms with E-state index in [4.69, 9.17) is 5.11 Å². The Balaban J connectivity index is 2.45. The number of aliphatic carboxylic acids is 1. The molecule has 0 saturated heterocycles. The van der Waals surface area contributed by atoms with Crippen LogP contribution in [0, 0.1) is 0 Å². The van der Waals surface area contributed by atoms with Crippen LogP contribution in [0.4, 0.5) is 0 Å². The summed E-state index contributed by atoms with van der Waals surface area (Å²) in [6.07, 6.45) is 1.13. The Bertz CT molecular complexity index is 522. The smallest absolute Gasteiger partial charge is 0.311 e. The normalized spacial score (nSPS) is 10.2. The van der Waals surface area contributed by atoms with Gasteiger partial charge in [-0.2, -0.15) is 0 Å². The molecule has 0 amide bonds. The van der Waals surface area contributed by atoms with E-state index < -0.39 is 5.97 Å². The van der Waals surface area contributed by atoms with Gasteiger partial charge in [0.15, 0.2) is 0 Å². The lowest BCUT2D eigenvalue weighted by atomic mass is 10.3. The molecule has 2 rings (SSSR count). The molecule has 0 spiro atoms. The zero-order valence-electron chi connectivity index (χ0n) is 8.24. The summed E-state index contributed by atoms with van der Waals surface area (Å²) >= 11 is 0. The number of phenolic OH excluding ortho intramolecular Hbond substituents is 1. The maximum absolute atomic E-state index is 10.6. The second-order valence-corrected chi connectivity index (χ2v) is 3.18. The summed E-state index contributed by atoms with van der Waals surface area (Å²) in [6, 6.07) is 6.59. The van der Waals surface area contributed by atoms with Crippen LogP contribution in [0.2, 0.25) is 0 Å². The van der Waals surface area contributed by atoms with Crippen LogP contribution in [0.5, 0.6) is 5.75 Å². The van der Waals surface area contributed by atoms with Gasteiger partial charge in [0.2, 0.25) is 0 Å². The van der Waals surface area contributed by atoms with E-state index in [1.807, 2.05) is 0 Å². The van der Waals surface area contributed by atoms with E-state index in [-0.39, 0.29) is 18.0 Å². The predicted octanol–water partition coefficient (Wildman–Crippen LogP) is 0.600. The third kappa shape index (κ3) is 1.85. The first kappa shape index (κ1) is 10.2. The molecular formula is C10H9N3O3. The van der Waals surface area contributed by atoms with E-state index in [0.29, 0.717) is 5.69 Å². The van der Waals surface area contributed by atoms with Crippen LogP contribution < -0.4 is 0 Å². The standard InChI is InChI=1S/C10H9N3O3/c14-8-4-2-1-3-7(8)13-6-11-12-9(13)5-10(15)16/h1-4,6,14H,5H2,(H,15,16). The highest BCUT2D eigenvalue weighted by Crippen LogP contribution is 2.21. The molecule has 6 heteroatoms. The number of carboxylic acid groups (broad SMARTS) is 1. The molecule has 6 nitrogen and oxygen atoms in total. The minimum absolute atomic E-state index is 0.0499. The van der Waals surface area contributed by atoms with Gasteiger partial charge in [0.1, 0.15) is 24.3 Å². The molecule has 0 aliphatic heterocycles. The van der Waals surface area contributed by atoms with Gasteiger partial charge in [-0.3, -0.25) is 9.36 Å². The van der Waals surface area contributed by atoms with Crippen molar-refractivity contribution >= 4 is 5.97 Å². The lowest BCUT2D eigenvalue weighted by Gasteiger charge is -2.06. The van der Waals surface area contributed by atoms with Crippen molar-refractivity contribution in [2.75, 3.05) is 0 Å². The number of para-hydroxylation sites is 2. The maximum Gasteiger partial charge on any atom is 0.311 e. The molecule has 1 heterocycles. The fourth-order valence-corrected chi connectivity index (χ4v) is 1.38. The van der Waals surface area contributed by atoms with Crippen LogP contribution in [-0.4, -0.2) is 30.9 Å². The van der Waals surface area contributed by atoms with Crippen molar-refractivity contribution in [3.8, 4) is 11.4 Å². The Labute approximate surface area is 90.8 Å². The molecule has 0 aliphatic carbocycles. The lowest BCUT2D eigenvalue weighted by Crippen LogP contribution is -2.07. The summed E-state index contributed by atoms with van der Waals surface area (Å²) in [6.45, 7) is 0. The van der Waals surface area contributed by atoms with Gasteiger partial charge in [0.05, 0.1) is 5.69 Å². The molecule has 0 saturated carbocycles. The van der Waals surface area contributed by atoms with Gasteiger partial charge in [-0.1, -0.05) is 12.1 Å². The summed E-state index contributed by atoms with van der Waals surface area (Å²) in [5.74, 6) is -0.674. The number of hydrogen-bond acceptors (Lipinski definition) is 4. The quantitative estimate of drug-likeness (QED) is 0.789. The maximum atomic E-state index is 10.6. The van der Waals surface area contributed by atoms with Crippen molar-refractivity contribution in [3.05, 3.63) is 36.4 Å². The number of nitrogens with zero attached hydrogens (tertiary/aromatic N) is 3. The fourth-order valence-electron chi connectivity index (χ4n) is 1.38. The highest BCUT2D eigenvalue weighted by atomic mass is 16.4. The van der Waals surface area contributed by atoms with Crippen LogP contribution in [0.1, 0.15) is 5.82 Å². The molecule has 0 radical (unpaired) electrons. The number of carbonyl (C=O) groups is 1. The fraction of sp³-hybridized carbons (Fsp3) is 0.100. The van der Waals surface area contributed by atoms with Crippen molar-refractivity contribution < 1.29 is 15.0 Å². The Morgan fingerprint density at radius 2 is 2.12 bits per heavy atom. The SMILES string of the molecule is O=C(O)Cc1nncn1-c1ccccc1O. The largest absolute Gasteiger partial charge is 0.506 e. The van der Waals surface area contributed by atoms with E-state index >= 15 is 0 Å². The van der Waals surface area contributed by atoms with Gasteiger partial charge < -0.3 is 10.2 Å². The Morgan fingerprint density at radius 3 is 2.81 bits per heavy atom. The van der Waals surface area contributed by atoms with E-state index in [9.17, 15) is 9.90 Å². The van der Waals surface area contributed by atoms with Gasteiger partial charge in [0.25, 0.3) is 0 Å². The summed E-state index contributed by atoms with van der Waals surface area (Å²) in [5.41, 5.74) is 0.462. The van der Waals surface area contributed by atoms with Gasteiger partial charge in [-0.05, 0) is 12.1 Å². The lowest BCUT2D eigenvalue weighted by molar-refractivity contribution is -0.136. The average molecular weight is 219 g/mol. The van der Waals surface area contributed by atoms with E-state index in [2.05, 4.69) is 10.2 Å². The molecule has 0 fully saturated rings. The second-order valence-electron chi connectivity index (χ2n) is 3.18. The minimum Gasteiger partial charge on any atom is -0.506 e. The van der Waals surface area contributed by atoms with Crippen LogP contribution in [-0.2, 0) is 11.2 Å². The summed E-state index contributed by atoms with van der Waals surface area (Å²) in [7, 11) is 0. The Morgan fingerprint density at radius 1 is 1.38 bits per heavy atom. The molecule has 0 aliphatic rings. The first-order chi connectivity index (χ1) is 7.68. The zero-order chi connectivity index (χ0) is 11.5. The van der Waals surface area contributed by atoms with Crippen LogP contribution >= 0.6 is 0 Å². The first-order valence-electron chi connectivity index (χ1n) is 4.57. The average Bonchev–Trinajstić information content (AvgIpc) is 2.66. The Hall–Kier alpha value is -2.37. The number of rotatable bonds is 3. The molecule has 0 atom stereocenters. The molecule has 82 valence electrons. The monoisotopic (exact) mass is 219 g/mol. The van der Waals surface area contributed by atoms with Gasteiger partial charge in [-0.15, -0.1) is 10.2 Å². The Kier molecular flexibility index (Phi) is 2.55. The van der Waals surface area contributed by atoms with Crippen LogP contribution in [0.25, 0.3) is 5.69 Å². The molecule has 16 heavy (non-hydrogen) atoms. The van der Waals surface area contributed by atoms with E-state index in [1.165, 1.54) is 17.0 Å². The summed E-state index contributed by atoms with van der Waals surface area (Å²) in [5, 5.41) is 25.6. The van der Waals surface area contributed by atoms with Gasteiger partial charge in [0, 0.05) is 0 Å². The highest BCUT2D eigenvalue weighted by Gasteiger charge is 2.12. The molecule has 1 aromatic heterocycles. The number of aromatic nitrogens is 3. The van der Waals surface area contributed by atoms with Crippen LogP contribution in [0.15, 0.2) is 30.6 Å². The molecule has 2 aromatic rings. The van der Waals surface area contributed by atoms with Gasteiger partial charge >= 0.3 is 5.97 Å². The predicted molar refractivity (Wildman–Crippen MR) is 54.4 cm³/mol.